The number of halogens is 2. The normalized spacial score (nSPS) is 23.5. The summed E-state index contributed by atoms with van der Waals surface area (Å²) in [5.74, 6) is -2.22. The number of carbonyl (C=O) groups is 3. The van der Waals surface area contributed by atoms with Crippen LogP contribution in [0.25, 0.3) is 6.08 Å². The second kappa shape index (κ2) is 8.94. The van der Waals surface area contributed by atoms with Gasteiger partial charge in [-0.05, 0) is 59.7 Å². The van der Waals surface area contributed by atoms with Crippen LogP contribution in [0, 0.1) is 11.8 Å². The van der Waals surface area contributed by atoms with E-state index in [1.807, 2.05) is 41.4 Å². The molecule has 0 radical (unpaired) electrons. The average molecular weight is 534 g/mol. The second-order valence-corrected chi connectivity index (χ2v) is 10.1. The summed E-state index contributed by atoms with van der Waals surface area (Å²) in [5.41, 5.74) is 2.69. The van der Waals surface area contributed by atoms with Gasteiger partial charge in [0, 0.05) is 21.9 Å². The predicted octanol–water partition coefficient (Wildman–Crippen LogP) is 5.16. The van der Waals surface area contributed by atoms with Crippen LogP contribution in [0.4, 0.5) is 11.4 Å². The maximum atomic E-state index is 13.9. The van der Waals surface area contributed by atoms with E-state index in [9.17, 15) is 14.4 Å². The highest BCUT2D eigenvalue weighted by Gasteiger charge is 2.64. The third-order valence-corrected chi connectivity index (χ3v) is 7.63. The summed E-state index contributed by atoms with van der Waals surface area (Å²) in [6.07, 6.45) is 3.72. The molecule has 0 bridgehead atoms. The highest BCUT2D eigenvalue weighted by molar-refractivity contribution is 6.36. The van der Waals surface area contributed by atoms with Gasteiger partial charge in [-0.3, -0.25) is 14.4 Å². The van der Waals surface area contributed by atoms with Crippen molar-refractivity contribution in [2.24, 2.45) is 11.8 Å². The molecule has 37 heavy (non-hydrogen) atoms. The second-order valence-electron chi connectivity index (χ2n) is 9.19. The van der Waals surface area contributed by atoms with Gasteiger partial charge in [-0.1, -0.05) is 47.5 Å². The van der Waals surface area contributed by atoms with Gasteiger partial charge < -0.3 is 15.0 Å². The van der Waals surface area contributed by atoms with Crippen LogP contribution in [0.2, 0.25) is 10.0 Å². The Bertz CT molecular complexity index is 1450. The van der Waals surface area contributed by atoms with Gasteiger partial charge in [-0.2, -0.15) is 0 Å². The number of hydrogen-bond donors (Lipinski definition) is 1. The molecule has 3 aromatic carbocycles. The fourth-order valence-electron chi connectivity index (χ4n) is 5.67. The zero-order chi connectivity index (χ0) is 25.8. The van der Waals surface area contributed by atoms with Crippen molar-refractivity contribution in [1.82, 2.24) is 4.90 Å². The molecule has 3 amide bonds. The molecule has 0 aliphatic carbocycles. The summed E-state index contributed by atoms with van der Waals surface area (Å²) in [6, 6.07) is 17.9. The number of anilines is 2. The van der Waals surface area contributed by atoms with Gasteiger partial charge in [-0.25, -0.2) is 4.90 Å². The Kier molecular flexibility index (Phi) is 5.70. The Hall–Kier alpha value is -3.81. The summed E-state index contributed by atoms with van der Waals surface area (Å²) < 4.78 is 5.19. The molecule has 3 heterocycles. The van der Waals surface area contributed by atoms with E-state index < -0.39 is 29.8 Å². The Morgan fingerprint density at radius 3 is 2.30 bits per heavy atom. The Balaban J connectivity index is 1.43. The van der Waals surface area contributed by atoms with E-state index in [1.54, 1.807) is 31.4 Å². The summed E-state index contributed by atoms with van der Waals surface area (Å²) in [5, 5.41) is 3.53. The van der Waals surface area contributed by atoms with Crippen molar-refractivity contribution < 1.29 is 19.1 Å². The van der Waals surface area contributed by atoms with E-state index in [4.69, 9.17) is 27.9 Å². The highest BCUT2D eigenvalue weighted by Crippen LogP contribution is 2.53. The van der Waals surface area contributed by atoms with Crippen molar-refractivity contribution >= 4 is 58.4 Å². The van der Waals surface area contributed by atoms with E-state index in [-0.39, 0.29) is 11.8 Å². The summed E-state index contributed by atoms with van der Waals surface area (Å²) in [6.45, 7) is 0. The predicted molar refractivity (Wildman–Crippen MR) is 141 cm³/mol. The van der Waals surface area contributed by atoms with Gasteiger partial charge in [0.05, 0.1) is 30.7 Å². The molecule has 0 saturated carbocycles. The van der Waals surface area contributed by atoms with Crippen molar-refractivity contribution in [2.75, 3.05) is 17.3 Å². The standard InChI is InChI=1S/C28H21Cl2N3O4/c1-37-20-8-6-18(7-9-20)31-26(34)25-23-22(24-21-5-3-2-4-15(21)10-11-32(24)25)27(35)33(28(23)36)19-13-16(29)12-17(30)14-19/h2-14,22-25H,1H3,(H,31,34)/t22-,23-,24+,25+/m0/s1. The number of amides is 3. The molecule has 3 aromatic rings. The lowest BCUT2D eigenvalue weighted by molar-refractivity contribution is -0.128. The van der Waals surface area contributed by atoms with E-state index in [0.29, 0.717) is 27.2 Å². The van der Waals surface area contributed by atoms with Crippen molar-refractivity contribution in [1.29, 1.82) is 0 Å². The average Bonchev–Trinajstić information content (AvgIpc) is 3.36. The minimum atomic E-state index is -0.905. The van der Waals surface area contributed by atoms with Crippen LogP contribution in [0.1, 0.15) is 17.2 Å². The Morgan fingerprint density at radius 2 is 1.59 bits per heavy atom. The van der Waals surface area contributed by atoms with Gasteiger partial charge >= 0.3 is 0 Å². The first-order valence-corrected chi connectivity index (χ1v) is 12.5. The first kappa shape index (κ1) is 23.6. The number of nitrogens with one attached hydrogen (secondary N) is 1. The van der Waals surface area contributed by atoms with E-state index in [1.165, 1.54) is 18.2 Å². The number of carbonyl (C=O) groups excluding carboxylic acids is 3. The van der Waals surface area contributed by atoms with Gasteiger partial charge in [0.1, 0.15) is 11.8 Å². The number of benzene rings is 3. The highest BCUT2D eigenvalue weighted by atomic mass is 35.5. The summed E-state index contributed by atoms with van der Waals surface area (Å²) in [7, 11) is 1.56. The molecule has 9 heteroatoms. The van der Waals surface area contributed by atoms with Gasteiger partial charge in [0.15, 0.2) is 0 Å². The molecule has 4 atom stereocenters. The zero-order valence-electron chi connectivity index (χ0n) is 19.6. The molecule has 2 fully saturated rings. The molecule has 3 aliphatic heterocycles. The molecular weight excluding hydrogens is 513 g/mol. The lowest BCUT2D eigenvalue weighted by Gasteiger charge is -2.35. The largest absolute Gasteiger partial charge is 0.497 e. The first-order chi connectivity index (χ1) is 17.9. The van der Waals surface area contributed by atoms with Crippen molar-refractivity contribution in [3.63, 3.8) is 0 Å². The fraction of sp³-hybridized carbons (Fsp3) is 0.179. The minimum absolute atomic E-state index is 0.294. The molecule has 186 valence electrons. The van der Waals surface area contributed by atoms with Crippen molar-refractivity contribution in [2.45, 2.75) is 12.1 Å². The smallest absolute Gasteiger partial charge is 0.247 e. The molecule has 0 spiro atoms. The van der Waals surface area contributed by atoms with Gasteiger partial charge in [0.25, 0.3) is 0 Å². The SMILES string of the molecule is COc1ccc(NC(=O)[C@H]2[C@H]3C(=O)N(c4cc(Cl)cc(Cl)c4)C(=O)[C@@H]3[C@H]3c4ccccc4C=CN32)cc1. The molecular formula is C28H21Cl2N3O4. The monoisotopic (exact) mass is 533 g/mol. The van der Waals surface area contributed by atoms with Gasteiger partial charge in [0.2, 0.25) is 17.7 Å². The molecule has 0 unspecified atom stereocenters. The van der Waals surface area contributed by atoms with Crippen LogP contribution in [0.15, 0.2) is 72.9 Å². The number of imide groups is 1. The van der Waals surface area contributed by atoms with E-state index in [0.717, 1.165) is 16.0 Å². The number of fused-ring (bicyclic) bond motifs is 5. The Morgan fingerprint density at radius 1 is 0.919 bits per heavy atom. The molecule has 2 saturated heterocycles. The number of methoxy groups -OCH3 is 1. The van der Waals surface area contributed by atoms with Crippen LogP contribution in [-0.4, -0.2) is 35.8 Å². The van der Waals surface area contributed by atoms with Crippen LogP contribution >= 0.6 is 23.2 Å². The minimum Gasteiger partial charge on any atom is -0.497 e. The van der Waals surface area contributed by atoms with Crippen LogP contribution in [-0.2, 0) is 14.4 Å². The third kappa shape index (κ3) is 3.77. The maximum Gasteiger partial charge on any atom is 0.247 e. The van der Waals surface area contributed by atoms with Crippen LogP contribution in [0.3, 0.4) is 0 Å². The number of rotatable bonds is 4. The van der Waals surface area contributed by atoms with E-state index in [2.05, 4.69) is 5.32 Å². The Labute approximate surface area is 223 Å². The topological polar surface area (TPSA) is 79.0 Å². The lowest BCUT2D eigenvalue weighted by Crippen LogP contribution is -2.46. The number of nitrogens with zero attached hydrogens (tertiary/aromatic N) is 2. The maximum absolute atomic E-state index is 13.9. The van der Waals surface area contributed by atoms with Crippen molar-refractivity contribution in [3.8, 4) is 5.75 Å². The fourth-order valence-corrected chi connectivity index (χ4v) is 6.19. The number of hydrogen-bond acceptors (Lipinski definition) is 5. The summed E-state index contributed by atoms with van der Waals surface area (Å²) in [4.78, 5) is 44.5. The van der Waals surface area contributed by atoms with Crippen molar-refractivity contribution in [3.05, 3.63) is 94.1 Å². The quantitative estimate of drug-likeness (QED) is 0.469. The van der Waals surface area contributed by atoms with E-state index >= 15 is 0 Å². The molecule has 3 aliphatic rings. The molecule has 7 nitrogen and oxygen atoms in total. The first-order valence-electron chi connectivity index (χ1n) is 11.7. The lowest BCUT2D eigenvalue weighted by atomic mass is 9.84. The molecule has 0 aromatic heterocycles. The van der Waals surface area contributed by atoms with Crippen LogP contribution in [0.5, 0.6) is 5.75 Å². The van der Waals surface area contributed by atoms with Crippen LogP contribution < -0.4 is 15.0 Å². The van der Waals surface area contributed by atoms with Gasteiger partial charge in [-0.15, -0.1) is 0 Å². The molecule has 1 N–H and O–H groups in total. The number of ether oxygens (including phenoxy) is 1. The zero-order valence-corrected chi connectivity index (χ0v) is 21.1. The summed E-state index contributed by atoms with van der Waals surface area (Å²) >= 11 is 12.4. The third-order valence-electron chi connectivity index (χ3n) is 7.19. The molecule has 6 rings (SSSR count).